The smallest absolute Gasteiger partial charge is 0.269 e. The van der Waals surface area contributed by atoms with E-state index in [0.717, 1.165) is 37.3 Å². The van der Waals surface area contributed by atoms with Gasteiger partial charge >= 0.3 is 0 Å². The van der Waals surface area contributed by atoms with Crippen LogP contribution in [0.3, 0.4) is 0 Å². The lowest BCUT2D eigenvalue weighted by molar-refractivity contribution is 0.0517. The molecule has 1 aromatic carbocycles. The Balaban J connectivity index is 1.52. The van der Waals surface area contributed by atoms with Crippen LogP contribution in [0.25, 0.3) is 11.3 Å². The second kappa shape index (κ2) is 7.85. The Morgan fingerprint density at radius 2 is 2.00 bits per heavy atom. The van der Waals surface area contributed by atoms with Gasteiger partial charge in [0.25, 0.3) is 5.91 Å². The van der Waals surface area contributed by atoms with E-state index in [2.05, 4.69) is 27.0 Å². The van der Waals surface area contributed by atoms with Crippen molar-refractivity contribution in [2.45, 2.75) is 18.9 Å². The van der Waals surface area contributed by atoms with Gasteiger partial charge in [-0.1, -0.05) is 36.4 Å². The molecular formula is C20H21N3O2S. The Hall–Kier alpha value is -2.44. The van der Waals surface area contributed by atoms with Crippen molar-refractivity contribution >= 4 is 17.2 Å². The molecule has 0 spiro atoms. The molecule has 2 N–H and O–H groups in total. The van der Waals surface area contributed by atoms with Gasteiger partial charge in [0.1, 0.15) is 5.69 Å². The van der Waals surface area contributed by atoms with Gasteiger partial charge in [-0.15, -0.1) is 11.3 Å². The number of H-pyrrole nitrogens is 1. The molecule has 1 saturated heterocycles. The van der Waals surface area contributed by atoms with Crippen molar-refractivity contribution in [3.8, 4) is 11.3 Å². The van der Waals surface area contributed by atoms with E-state index in [1.807, 2.05) is 36.4 Å². The number of hydrogen-bond donors (Lipinski definition) is 2. The zero-order chi connectivity index (χ0) is 17.8. The van der Waals surface area contributed by atoms with E-state index in [0.29, 0.717) is 11.6 Å². The van der Waals surface area contributed by atoms with Crippen molar-refractivity contribution < 1.29 is 9.53 Å². The maximum atomic E-state index is 12.8. The number of carbonyl (C=O) groups is 1. The number of nitrogens with one attached hydrogen (secondary N) is 2. The number of aromatic nitrogens is 2. The molecule has 0 aliphatic carbocycles. The van der Waals surface area contributed by atoms with Crippen molar-refractivity contribution in [3.63, 3.8) is 0 Å². The second-order valence-corrected chi connectivity index (χ2v) is 7.43. The fourth-order valence-electron chi connectivity index (χ4n) is 3.35. The van der Waals surface area contributed by atoms with Gasteiger partial charge in [-0.25, -0.2) is 0 Å². The number of ether oxygens (including phenoxy) is 1. The molecular weight excluding hydrogens is 346 g/mol. The standard InChI is InChI=1S/C20H21N3O2S/c24-20(17-13-16(22-23-17)14-5-2-1-3-6-14)21-19(18-7-4-12-26-18)15-8-10-25-11-9-15/h1-7,12-13,15,19H,8-11H2,(H,21,24)(H,22,23)/t19-/m1/s1. The lowest BCUT2D eigenvalue weighted by Crippen LogP contribution is -2.35. The zero-order valence-electron chi connectivity index (χ0n) is 14.4. The summed E-state index contributed by atoms with van der Waals surface area (Å²) in [6, 6.07) is 15.8. The molecule has 6 heteroatoms. The van der Waals surface area contributed by atoms with E-state index in [1.165, 1.54) is 4.88 Å². The maximum Gasteiger partial charge on any atom is 0.269 e. The predicted molar refractivity (Wildman–Crippen MR) is 102 cm³/mol. The van der Waals surface area contributed by atoms with Gasteiger partial charge in [0.05, 0.1) is 11.7 Å². The molecule has 3 heterocycles. The second-order valence-electron chi connectivity index (χ2n) is 6.45. The highest BCUT2D eigenvalue weighted by molar-refractivity contribution is 7.10. The van der Waals surface area contributed by atoms with Gasteiger partial charge in [-0.05, 0) is 36.3 Å². The van der Waals surface area contributed by atoms with Crippen LogP contribution in [0.1, 0.15) is 34.2 Å². The summed E-state index contributed by atoms with van der Waals surface area (Å²) in [6.07, 6.45) is 1.92. The van der Waals surface area contributed by atoms with Crippen LogP contribution in [-0.2, 0) is 4.74 Å². The third-order valence-corrected chi connectivity index (χ3v) is 5.72. The summed E-state index contributed by atoms with van der Waals surface area (Å²) < 4.78 is 5.48. The minimum Gasteiger partial charge on any atom is -0.381 e. The summed E-state index contributed by atoms with van der Waals surface area (Å²) in [4.78, 5) is 14.0. The number of amides is 1. The quantitative estimate of drug-likeness (QED) is 0.715. The monoisotopic (exact) mass is 367 g/mol. The van der Waals surface area contributed by atoms with Crippen molar-refractivity contribution in [1.29, 1.82) is 0 Å². The number of nitrogens with zero attached hydrogens (tertiary/aromatic N) is 1. The predicted octanol–water partition coefficient (Wildman–Crippen LogP) is 4.04. The van der Waals surface area contributed by atoms with Crippen LogP contribution in [0, 0.1) is 5.92 Å². The van der Waals surface area contributed by atoms with Gasteiger partial charge in [0.2, 0.25) is 0 Å². The first kappa shape index (κ1) is 17.0. The summed E-state index contributed by atoms with van der Waals surface area (Å²) in [5.41, 5.74) is 2.24. The normalized spacial score (nSPS) is 16.3. The van der Waals surface area contributed by atoms with Crippen molar-refractivity contribution in [2.24, 2.45) is 5.92 Å². The van der Waals surface area contributed by atoms with Gasteiger partial charge < -0.3 is 10.1 Å². The summed E-state index contributed by atoms with van der Waals surface area (Å²) in [5, 5.41) is 12.4. The summed E-state index contributed by atoms with van der Waals surface area (Å²) in [6.45, 7) is 1.51. The molecule has 1 fully saturated rings. The first-order valence-corrected chi connectivity index (χ1v) is 9.72. The maximum absolute atomic E-state index is 12.8. The molecule has 1 amide bonds. The van der Waals surface area contributed by atoms with E-state index >= 15 is 0 Å². The third-order valence-electron chi connectivity index (χ3n) is 4.77. The Bertz CT molecular complexity index is 839. The molecule has 0 radical (unpaired) electrons. The van der Waals surface area contributed by atoms with Gasteiger partial charge in [0.15, 0.2) is 0 Å². The van der Waals surface area contributed by atoms with Crippen LogP contribution in [0.2, 0.25) is 0 Å². The molecule has 3 aromatic rings. The molecule has 2 aromatic heterocycles. The van der Waals surface area contributed by atoms with Crippen LogP contribution in [0.15, 0.2) is 53.9 Å². The topological polar surface area (TPSA) is 67.0 Å². The van der Waals surface area contributed by atoms with Crippen LogP contribution in [0.4, 0.5) is 0 Å². The Morgan fingerprint density at radius 3 is 2.73 bits per heavy atom. The molecule has 1 atom stereocenters. The molecule has 0 bridgehead atoms. The van der Waals surface area contributed by atoms with Crippen LogP contribution >= 0.6 is 11.3 Å². The van der Waals surface area contributed by atoms with E-state index in [9.17, 15) is 4.79 Å². The highest BCUT2D eigenvalue weighted by atomic mass is 32.1. The minimum atomic E-state index is -0.121. The van der Waals surface area contributed by atoms with Gasteiger partial charge in [-0.3, -0.25) is 9.89 Å². The van der Waals surface area contributed by atoms with Crippen LogP contribution in [0.5, 0.6) is 0 Å². The fraction of sp³-hybridized carbons (Fsp3) is 0.300. The zero-order valence-corrected chi connectivity index (χ0v) is 15.2. The summed E-state index contributed by atoms with van der Waals surface area (Å²) in [7, 11) is 0. The number of rotatable bonds is 5. The number of benzene rings is 1. The molecule has 4 rings (SSSR count). The van der Waals surface area contributed by atoms with E-state index in [-0.39, 0.29) is 11.9 Å². The Labute approximate surface area is 156 Å². The van der Waals surface area contributed by atoms with Crippen LogP contribution < -0.4 is 5.32 Å². The molecule has 26 heavy (non-hydrogen) atoms. The van der Waals surface area contributed by atoms with E-state index in [1.54, 1.807) is 17.4 Å². The SMILES string of the molecule is O=C(N[C@@H](c1cccs1)C1CCOCC1)c1cc(-c2ccccc2)n[nH]1. The minimum absolute atomic E-state index is 0.00914. The number of aromatic amines is 1. The lowest BCUT2D eigenvalue weighted by Gasteiger charge is -2.30. The number of thiophene rings is 1. The largest absolute Gasteiger partial charge is 0.381 e. The van der Waals surface area contributed by atoms with E-state index in [4.69, 9.17) is 4.74 Å². The van der Waals surface area contributed by atoms with Crippen molar-refractivity contribution in [1.82, 2.24) is 15.5 Å². The van der Waals surface area contributed by atoms with Crippen molar-refractivity contribution in [3.05, 3.63) is 64.5 Å². The molecule has 0 unspecified atom stereocenters. The molecule has 1 aliphatic rings. The highest BCUT2D eigenvalue weighted by Crippen LogP contribution is 2.32. The average Bonchev–Trinajstić information content (AvgIpc) is 3.39. The number of hydrogen-bond acceptors (Lipinski definition) is 4. The molecule has 5 nitrogen and oxygen atoms in total. The number of carbonyl (C=O) groups excluding carboxylic acids is 1. The van der Waals surface area contributed by atoms with Gasteiger partial charge in [0, 0.05) is 23.7 Å². The average molecular weight is 367 g/mol. The molecule has 134 valence electrons. The highest BCUT2D eigenvalue weighted by Gasteiger charge is 2.28. The van der Waals surface area contributed by atoms with Gasteiger partial charge in [-0.2, -0.15) is 5.10 Å². The summed E-state index contributed by atoms with van der Waals surface area (Å²) in [5.74, 6) is 0.271. The third kappa shape index (κ3) is 3.71. The molecule has 0 saturated carbocycles. The summed E-state index contributed by atoms with van der Waals surface area (Å²) >= 11 is 1.68. The van der Waals surface area contributed by atoms with E-state index < -0.39 is 0 Å². The fourth-order valence-corrected chi connectivity index (χ4v) is 4.22. The lowest BCUT2D eigenvalue weighted by atomic mass is 9.90. The first-order chi connectivity index (χ1) is 12.8. The van der Waals surface area contributed by atoms with Crippen LogP contribution in [-0.4, -0.2) is 29.3 Å². The first-order valence-electron chi connectivity index (χ1n) is 8.84. The van der Waals surface area contributed by atoms with Crippen molar-refractivity contribution in [2.75, 3.05) is 13.2 Å². The molecule has 1 aliphatic heterocycles. The Kier molecular flexibility index (Phi) is 5.13. The Morgan fingerprint density at radius 1 is 1.19 bits per heavy atom.